The third kappa shape index (κ3) is 2.12. The van der Waals surface area contributed by atoms with Gasteiger partial charge in [0.1, 0.15) is 5.75 Å². The molecule has 3 rings (SSSR count). The van der Waals surface area contributed by atoms with Crippen LogP contribution in [0.5, 0.6) is 5.75 Å². The van der Waals surface area contributed by atoms with Crippen molar-refractivity contribution in [1.82, 2.24) is 4.40 Å². The summed E-state index contributed by atoms with van der Waals surface area (Å²) in [6.07, 6.45) is 3.72. The second kappa shape index (κ2) is 4.74. The lowest BCUT2D eigenvalue weighted by molar-refractivity contribution is 0.1000. The molecular weight excluding hydrogens is 252 g/mol. The van der Waals surface area contributed by atoms with Crippen molar-refractivity contribution in [2.24, 2.45) is 5.73 Å². The minimum Gasteiger partial charge on any atom is -0.497 e. The Bertz CT molecular complexity index is 773. The number of carbonyl (C=O) groups is 1. The number of hydrogen-bond acceptors (Lipinski definition) is 2. The number of fused-ring (bicyclic) bond motifs is 1. The van der Waals surface area contributed by atoms with Crippen molar-refractivity contribution in [2.75, 3.05) is 7.11 Å². The molecule has 100 valence electrons. The van der Waals surface area contributed by atoms with Gasteiger partial charge in [-0.15, -0.1) is 0 Å². The van der Waals surface area contributed by atoms with Gasteiger partial charge in [-0.25, -0.2) is 0 Å². The molecule has 4 nitrogen and oxygen atoms in total. The predicted octanol–water partition coefficient (Wildman–Crippen LogP) is 2.71. The Labute approximate surface area is 116 Å². The van der Waals surface area contributed by atoms with Gasteiger partial charge in [-0.3, -0.25) is 4.79 Å². The highest BCUT2D eigenvalue weighted by molar-refractivity contribution is 5.93. The third-order valence-electron chi connectivity index (χ3n) is 3.30. The molecule has 0 bridgehead atoms. The summed E-state index contributed by atoms with van der Waals surface area (Å²) in [5.41, 5.74) is 8.97. The number of primary amides is 1. The monoisotopic (exact) mass is 266 g/mol. The predicted molar refractivity (Wildman–Crippen MR) is 77.9 cm³/mol. The Balaban J connectivity index is 2.05. The van der Waals surface area contributed by atoms with E-state index in [4.69, 9.17) is 10.5 Å². The first-order valence-corrected chi connectivity index (χ1v) is 6.23. The molecule has 20 heavy (non-hydrogen) atoms. The Morgan fingerprint density at radius 3 is 2.45 bits per heavy atom. The number of nitrogens with zero attached hydrogens (tertiary/aromatic N) is 1. The van der Waals surface area contributed by atoms with Crippen LogP contribution in [-0.2, 0) is 0 Å². The number of methoxy groups -OCH3 is 1. The first-order valence-electron chi connectivity index (χ1n) is 6.23. The third-order valence-corrected chi connectivity index (χ3v) is 3.30. The molecule has 2 heterocycles. The number of hydrogen-bond donors (Lipinski definition) is 1. The highest BCUT2D eigenvalue weighted by Crippen LogP contribution is 2.25. The fourth-order valence-corrected chi connectivity index (χ4v) is 2.20. The van der Waals surface area contributed by atoms with E-state index < -0.39 is 5.91 Å². The van der Waals surface area contributed by atoms with E-state index in [1.54, 1.807) is 19.4 Å². The lowest BCUT2D eigenvalue weighted by Gasteiger charge is -2.00. The van der Waals surface area contributed by atoms with E-state index >= 15 is 0 Å². The Morgan fingerprint density at radius 2 is 1.80 bits per heavy atom. The second-order valence-electron chi connectivity index (χ2n) is 4.57. The second-order valence-corrected chi connectivity index (χ2v) is 4.57. The average molecular weight is 266 g/mol. The number of nitrogens with two attached hydrogens (primary N) is 1. The number of amides is 1. The van der Waals surface area contributed by atoms with Crippen LogP contribution in [0.15, 0.2) is 54.9 Å². The van der Waals surface area contributed by atoms with Crippen molar-refractivity contribution >= 4 is 11.4 Å². The Morgan fingerprint density at radius 1 is 1.05 bits per heavy atom. The minimum atomic E-state index is -0.424. The summed E-state index contributed by atoms with van der Waals surface area (Å²) in [6.45, 7) is 0. The summed E-state index contributed by atoms with van der Waals surface area (Å²) in [6, 6.07) is 13.5. The summed E-state index contributed by atoms with van der Waals surface area (Å²) in [7, 11) is 1.65. The van der Waals surface area contributed by atoms with Gasteiger partial charge >= 0.3 is 0 Å². The van der Waals surface area contributed by atoms with E-state index in [0.29, 0.717) is 5.56 Å². The molecule has 0 unspecified atom stereocenters. The summed E-state index contributed by atoms with van der Waals surface area (Å²) in [5, 5.41) is 0. The number of benzene rings is 1. The fourth-order valence-electron chi connectivity index (χ4n) is 2.20. The molecule has 2 aromatic heterocycles. The van der Waals surface area contributed by atoms with Gasteiger partial charge in [0, 0.05) is 23.5 Å². The van der Waals surface area contributed by atoms with Crippen LogP contribution in [0.2, 0.25) is 0 Å². The van der Waals surface area contributed by atoms with Crippen LogP contribution in [0, 0.1) is 0 Å². The summed E-state index contributed by atoms with van der Waals surface area (Å²) in [5.74, 6) is 0.403. The fraction of sp³-hybridized carbons (Fsp3) is 0.0625. The molecule has 1 amide bonds. The van der Waals surface area contributed by atoms with Crippen molar-refractivity contribution < 1.29 is 9.53 Å². The molecule has 0 saturated heterocycles. The first-order chi connectivity index (χ1) is 9.67. The quantitative estimate of drug-likeness (QED) is 0.792. The van der Waals surface area contributed by atoms with Crippen molar-refractivity contribution in [1.29, 1.82) is 0 Å². The molecule has 0 aliphatic rings. The zero-order valence-corrected chi connectivity index (χ0v) is 11.0. The maximum atomic E-state index is 11.2. The van der Waals surface area contributed by atoms with E-state index in [2.05, 4.69) is 6.07 Å². The van der Waals surface area contributed by atoms with Crippen LogP contribution in [0.3, 0.4) is 0 Å². The SMILES string of the molecule is COc1ccc(-c2cc3ccc(C(N)=O)cn3c2)cc1. The molecule has 1 aromatic carbocycles. The van der Waals surface area contributed by atoms with Crippen molar-refractivity contribution in [2.45, 2.75) is 0 Å². The van der Waals surface area contributed by atoms with Crippen LogP contribution < -0.4 is 10.5 Å². The lowest BCUT2D eigenvalue weighted by atomic mass is 10.1. The normalized spacial score (nSPS) is 10.7. The molecule has 0 saturated carbocycles. The van der Waals surface area contributed by atoms with E-state index in [1.807, 2.05) is 40.9 Å². The van der Waals surface area contributed by atoms with E-state index in [1.165, 1.54) is 0 Å². The summed E-state index contributed by atoms with van der Waals surface area (Å²) in [4.78, 5) is 11.2. The molecule has 0 atom stereocenters. The number of ether oxygens (including phenoxy) is 1. The highest BCUT2D eigenvalue weighted by atomic mass is 16.5. The van der Waals surface area contributed by atoms with Gasteiger partial charge in [0.2, 0.25) is 5.91 Å². The number of aromatic nitrogens is 1. The van der Waals surface area contributed by atoms with Crippen LogP contribution in [-0.4, -0.2) is 17.4 Å². The maximum absolute atomic E-state index is 11.2. The summed E-state index contributed by atoms with van der Waals surface area (Å²) < 4.78 is 7.05. The lowest BCUT2D eigenvalue weighted by Crippen LogP contribution is -2.11. The highest BCUT2D eigenvalue weighted by Gasteiger charge is 2.05. The first kappa shape index (κ1) is 12.3. The molecule has 2 N–H and O–H groups in total. The number of pyridine rings is 1. The van der Waals surface area contributed by atoms with Gasteiger partial charge in [-0.2, -0.15) is 0 Å². The zero-order valence-electron chi connectivity index (χ0n) is 11.0. The minimum absolute atomic E-state index is 0.424. The maximum Gasteiger partial charge on any atom is 0.250 e. The molecule has 0 radical (unpaired) electrons. The number of rotatable bonds is 3. The Hall–Kier alpha value is -2.75. The van der Waals surface area contributed by atoms with Crippen LogP contribution in [0.25, 0.3) is 16.6 Å². The van der Waals surface area contributed by atoms with Crippen LogP contribution >= 0.6 is 0 Å². The van der Waals surface area contributed by atoms with Crippen molar-refractivity contribution in [3.05, 3.63) is 60.4 Å². The van der Waals surface area contributed by atoms with Crippen molar-refractivity contribution in [3.63, 3.8) is 0 Å². The van der Waals surface area contributed by atoms with Crippen molar-refractivity contribution in [3.8, 4) is 16.9 Å². The molecule has 0 spiro atoms. The topological polar surface area (TPSA) is 56.7 Å². The van der Waals surface area contributed by atoms with E-state index in [9.17, 15) is 4.79 Å². The van der Waals surface area contributed by atoms with Gasteiger partial charge in [0.15, 0.2) is 0 Å². The average Bonchev–Trinajstić information content (AvgIpc) is 2.90. The smallest absolute Gasteiger partial charge is 0.250 e. The number of carbonyl (C=O) groups excluding carboxylic acids is 1. The molecule has 4 heteroatoms. The Kier molecular flexibility index (Phi) is 2.91. The van der Waals surface area contributed by atoms with Gasteiger partial charge < -0.3 is 14.9 Å². The largest absolute Gasteiger partial charge is 0.497 e. The van der Waals surface area contributed by atoms with Gasteiger partial charge in [0.25, 0.3) is 0 Å². The van der Waals surface area contributed by atoms with Crippen LogP contribution in [0.1, 0.15) is 10.4 Å². The molecule has 3 aromatic rings. The van der Waals surface area contributed by atoms with Gasteiger partial charge in [-0.05, 0) is 35.9 Å². The molecular formula is C16H14N2O2. The van der Waals surface area contributed by atoms with Gasteiger partial charge in [0.05, 0.1) is 12.7 Å². The van der Waals surface area contributed by atoms with E-state index in [-0.39, 0.29) is 0 Å². The van der Waals surface area contributed by atoms with E-state index in [0.717, 1.165) is 22.4 Å². The summed E-state index contributed by atoms with van der Waals surface area (Å²) >= 11 is 0. The van der Waals surface area contributed by atoms with Crippen LogP contribution in [0.4, 0.5) is 0 Å². The standard InChI is InChI=1S/C16H14N2O2/c1-20-15-6-3-11(4-7-15)13-8-14-5-2-12(16(17)19)9-18(14)10-13/h2-10H,1H3,(H2,17,19). The zero-order chi connectivity index (χ0) is 14.1. The molecule has 0 aliphatic carbocycles. The molecule has 0 fully saturated rings. The molecule has 0 aliphatic heterocycles. The van der Waals surface area contributed by atoms with Gasteiger partial charge in [-0.1, -0.05) is 12.1 Å².